The SMILES string of the molecule is CC(C)CC#Cc1ccc2c(c1)CCN(c1ccc(N3CC[C@@H](N(C)C)C3)c(F)c1)C2=O. The summed E-state index contributed by atoms with van der Waals surface area (Å²) in [4.78, 5) is 19.1. The molecule has 4 rings (SSSR count). The van der Waals surface area contributed by atoms with Crippen molar-refractivity contribution in [3.8, 4) is 11.8 Å². The Labute approximate surface area is 191 Å². The fourth-order valence-electron chi connectivity index (χ4n) is 4.47. The van der Waals surface area contributed by atoms with Crippen molar-refractivity contribution in [1.29, 1.82) is 0 Å². The van der Waals surface area contributed by atoms with Crippen LogP contribution in [0.1, 0.15) is 48.2 Å². The summed E-state index contributed by atoms with van der Waals surface area (Å²) in [6, 6.07) is 11.4. The molecule has 1 atom stereocenters. The van der Waals surface area contributed by atoms with Crippen LogP contribution in [0.4, 0.5) is 15.8 Å². The van der Waals surface area contributed by atoms with Gasteiger partial charge in [0.05, 0.1) is 5.69 Å². The molecule has 1 saturated heterocycles. The second-order valence-electron chi connectivity index (χ2n) is 9.47. The predicted molar refractivity (Wildman–Crippen MR) is 129 cm³/mol. The third-order valence-electron chi connectivity index (χ3n) is 6.41. The number of halogens is 1. The number of nitrogens with zero attached hydrogens (tertiary/aromatic N) is 3. The first-order valence-electron chi connectivity index (χ1n) is 11.5. The zero-order valence-corrected chi connectivity index (χ0v) is 19.5. The highest BCUT2D eigenvalue weighted by Crippen LogP contribution is 2.31. The number of anilines is 2. The van der Waals surface area contributed by atoms with E-state index in [9.17, 15) is 4.79 Å². The van der Waals surface area contributed by atoms with E-state index in [1.807, 2.05) is 30.3 Å². The number of fused-ring (bicyclic) bond motifs is 1. The van der Waals surface area contributed by atoms with Crippen LogP contribution in [0.3, 0.4) is 0 Å². The molecule has 0 aliphatic carbocycles. The van der Waals surface area contributed by atoms with E-state index in [1.165, 1.54) is 6.07 Å². The van der Waals surface area contributed by atoms with Gasteiger partial charge in [0.1, 0.15) is 5.82 Å². The van der Waals surface area contributed by atoms with E-state index in [2.05, 4.69) is 49.6 Å². The summed E-state index contributed by atoms with van der Waals surface area (Å²) in [7, 11) is 4.13. The zero-order chi connectivity index (χ0) is 22.8. The first-order valence-corrected chi connectivity index (χ1v) is 11.5. The quantitative estimate of drug-likeness (QED) is 0.661. The Balaban J connectivity index is 1.50. The molecule has 0 radical (unpaired) electrons. The van der Waals surface area contributed by atoms with Gasteiger partial charge < -0.3 is 14.7 Å². The molecule has 0 N–H and O–H groups in total. The Morgan fingerprint density at radius 2 is 1.97 bits per heavy atom. The average Bonchev–Trinajstić information content (AvgIpc) is 3.24. The van der Waals surface area contributed by atoms with Gasteiger partial charge in [-0.1, -0.05) is 25.7 Å². The van der Waals surface area contributed by atoms with Crippen LogP contribution in [0.15, 0.2) is 36.4 Å². The number of likely N-dealkylation sites (N-methyl/N-ethyl adjacent to an activating group) is 1. The van der Waals surface area contributed by atoms with Gasteiger partial charge in [-0.3, -0.25) is 4.79 Å². The zero-order valence-electron chi connectivity index (χ0n) is 19.5. The first-order chi connectivity index (χ1) is 15.3. The lowest BCUT2D eigenvalue weighted by atomic mass is 9.96. The molecule has 2 aliphatic rings. The number of rotatable bonds is 4. The minimum absolute atomic E-state index is 0.0751. The van der Waals surface area contributed by atoms with Gasteiger partial charge >= 0.3 is 0 Å². The van der Waals surface area contributed by atoms with Crippen LogP contribution in [0.5, 0.6) is 0 Å². The van der Waals surface area contributed by atoms with Crippen LogP contribution in [-0.2, 0) is 6.42 Å². The number of benzene rings is 2. The lowest BCUT2D eigenvalue weighted by Crippen LogP contribution is -2.37. The molecule has 1 amide bonds. The van der Waals surface area contributed by atoms with Crippen LogP contribution in [-0.4, -0.2) is 50.6 Å². The topological polar surface area (TPSA) is 26.8 Å². The molecule has 168 valence electrons. The molecule has 2 aromatic rings. The van der Waals surface area contributed by atoms with E-state index in [0.29, 0.717) is 35.4 Å². The maximum absolute atomic E-state index is 15.0. The molecule has 5 heteroatoms. The lowest BCUT2D eigenvalue weighted by Gasteiger charge is -2.29. The summed E-state index contributed by atoms with van der Waals surface area (Å²) in [5.41, 5.74) is 3.89. The largest absolute Gasteiger partial charge is 0.368 e. The van der Waals surface area contributed by atoms with Crippen LogP contribution < -0.4 is 9.80 Å². The summed E-state index contributed by atoms with van der Waals surface area (Å²) < 4.78 is 15.0. The van der Waals surface area contributed by atoms with E-state index >= 15 is 4.39 Å². The van der Waals surface area contributed by atoms with Crippen molar-refractivity contribution in [3.63, 3.8) is 0 Å². The fourth-order valence-corrected chi connectivity index (χ4v) is 4.47. The second kappa shape index (κ2) is 9.34. The summed E-state index contributed by atoms with van der Waals surface area (Å²) in [6.45, 7) is 6.50. The Morgan fingerprint density at radius 1 is 1.16 bits per heavy atom. The summed E-state index contributed by atoms with van der Waals surface area (Å²) >= 11 is 0. The average molecular weight is 434 g/mol. The molecule has 0 bridgehead atoms. The van der Waals surface area contributed by atoms with Gasteiger partial charge in [-0.2, -0.15) is 0 Å². The van der Waals surface area contributed by atoms with E-state index in [4.69, 9.17) is 0 Å². The fraction of sp³-hybridized carbons (Fsp3) is 0.444. The molecule has 2 aliphatic heterocycles. The number of carbonyl (C=O) groups is 1. The maximum Gasteiger partial charge on any atom is 0.258 e. The van der Waals surface area contributed by atoms with Gasteiger partial charge in [0.2, 0.25) is 0 Å². The third kappa shape index (κ3) is 4.66. The predicted octanol–water partition coefficient (Wildman–Crippen LogP) is 4.57. The first kappa shape index (κ1) is 22.4. The summed E-state index contributed by atoms with van der Waals surface area (Å²) in [5, 5.41) is 0. The smallest absolute Gasteiger partial charge is 0.258 e. The molecule has 0 saturated carbocycles. The van der Waals surface area contributed by atoms with Gasteiger partial charge in [0, 0.05) is 48.9 Å². The number of carbonyl (C=O) groups excluding carboxylic acids is 1. The second-order valence-corrected chi connectivity index (χ2v) is 9.47. The van der Waals surface area contributed by atoms with E-state index in [0.717, 1.165) is 43.5 Å². The highest BCUT2D eigenvalue weighted by Gasteiger charge is 2.28. The van der Waals surface area contributed by atoms with Crippen molar-refractivity contribution in [2.24, 2.45) is 5.92 Å². The van der Waals surface area contributed by atoms with Gasteiger partial charge in [-0.05, 0) is 74.8 Å². The van der Waals surface area contributed by atoms with Gasteiger partial charge in [-0.15, -0.1) is 0 Å². The van der Waals surface area contributed by atoms with Gasteiger partial charge in [0.25, 0.3) is 5.91 Å². The van der Waals surface area contributed by atoms with Gasteiger partial charge in [-0.25, -0.2) is 4.39 Å². The van der Waals surface area contributed by atoms with Crippen molar-refractivity contribution < 1.29 is 9.18 Å². The minimum Gasteiger partial charge on any atom is -0.368 e. The Bertz CT molecular complexity index is 1070. The Morgan fingerprint density at radius 3 is 2.66 bits per heavy atom. The standard InChI is InChI=1S/C27H32FN3O/c1-19(2)6-5-7-20-8-10-24-21(16-20)12-15-31(27(24)32)22-9-11-26(25(28)17-22)30-14-13-23(18-30)29(3)4/h8-11,16-17,19,23H,6,12-15,18H2,1-4H3/t23-/m1/s1. The number of amides is 1. The summed E-state index contributed by atoms with van der Waals surface area (Å²) in [6.07, 6.45) is 2.62. The molecular formula is C27H32FN3O. The van der Waals surface area contributed by atoms with Gasteiger partial charge in [0.15, 0.2) is 0 Å². The van der Waals surface area contributed by atoms with E-state index < -0.39 is 0 Å². The normalized spacial score (nSPS) is 18.2. The van der Waals surface area contributed by atoms with Crippen LogP contribution in [0, 0.1) is 23.6 Å². The molecule has 32 heavy (non-hydrogen) atoms. The van der Waals surface area contributed by atoms with Crippen LogP contribution in [0.25, 0.3) is 0 Å². The molecule has 0 spiro atoms. The number of hydrogen-bond donors (Lipinski definition) is 0. The maximum atomic E-state index is 15.0. The van der Waals surface area contributed by atoms with Crippen molar-refractivity contribution in [1.82, 2.24) is 4.90 Å². The highest BCUT2D eigenvalue weighted by molar-refractivity contribution is 6.08. The number of hydrogen-bond acceptors (Lipinski definition) is 3. The third-order valence-corrected chi connectivity index (χ3v) is 6.41. The lowest BCUT2D eigenvalue weighted by molar-refractivity contribution is 0.0980. The molecule has 0 aromatic heterocycles. The molecule has 2 heterocycles. The van der Waals surface area contributed by atoms with Crippen molar-refractivity contribution >= 4 is 17.3 Å². The van der Waals surface area contributed by atoms with Crippen molar-refractivity contribution in [3.05, 3.63) is 58.9 Å². The van der Waals surface area contributed by atoms with Crippen LogP contribution >= 0.6 is 0 Å². The molecular weight excluding hydrogens is 401 g/mol. The Hall–Kier alpha value is -2.84. The Kier molecular flexibility index (Phi) is 6.53. The molecule has 4 nitrogen and oxygen atoms in total. The molecule has 2 aromatic carbocycles. The van der Waals surface area contributed by atoms with E-state index in [-0.39, 0.29) is 11.7 Å². The van der Waals surface area contributed by atoms with Crippen molar-refractivity contribution in [2.45, 2.75) is 39.2 Å². The van der Waals surface area contributed by atoms with Crippen LogP contribution in [0.2, 0.25) is 0 Å². The van der Waals surface area contributed by atoms with E-state index in [1.54, 1.807) is 4.90 Å². The summed E-state index contributed by atoms with van der Waals surface area (Å²) in [5.74, 6) is 6.61. The molecule has 1 fully saturated rings. The monoisotopic (exact) mass is 433 g/mol. The van der Waals surface area contributed by atoms with Crippen molar-refractivity contribution in [2.75, 3.05) is 43.5 Å². The minimum atomic E-state index is -0.267. The highest BCUT2D eigenvalue weighted by atomic mass is 19.1. The molecule has 0 unspecified atom stereocenters.